The molecular formula is C87H71N5. The van der Waals surface area contributed by atoms with E-state index in [0.29, 0.717) is 17.5 Å². The predicted octanol–water partition coefficient (Wildman–Crippen LogP) is 22.5. The topological polar surface area (TPSA) is 64.5 Å². The molecule has 0 N–H and O–H groups in total. The first-order valence-corrected chi connectivity index (χ1v) is 32.1. The summed E-state index contributed by atoms with van der Waals surface area (Å²) in [6.45, 7) is 19.2. The van der Waals surface area contributed by atoms with Crippen LogP contribution in [0.2, 0.25) is 0 Å². The molecule has 14 aromatic rings. The molecule has 0 unspecified atom stereocenters. The van der Waals surface area contributed by atoms with E-state index in [1.807, 2.05) is 66.7 Å². The lowest BCUT2D eigenvalue weighted by Crippen LogP contribution is -2.43. The van der Waals surface area contributed by atoms with Crippen LogP contribution >= 0.6 is 0 Å². The van der Waals surface area contributed by atoms with E-state index >= 15 is 0 Å². The average Bonchev–Trinajstić information content (AvgIpc) is 0.715. The summed E-state index contributed by atoms with van der Waals surface area (Å²) in [4.78, 5) is 25.4. The Balaban J connectivity index is 0.000000158. The summed E-state index contributed by atoms with van der Waals surface area (Å²) in [5, 5.41) is 2.28. The average molecular weight is 1190 g/mol. The maximum atomic E-state index is 5.18. The Hall–Kier alpha value is -10.8. The van der Waals surface area contributed by atoms with Gasteiger partial charge in [-0.25, -0.2) is 24.9 Å². The lowest BCUT2D eigenvalue weighted by Gasteiger charge is -2.49. The summed E-state index contributed by atoms with van der Waals surface area (Å²) < 4.78 is 0. The van der Waals surface area contributed by atoms with E-state index in [4.69, 9.17) is 24.9 Å². The second kappa shape index (κ2) is 22.6. The molecule has 12 aromatic carbocycles. The monoisotopic (exact) mass is 1190 g/mol. The lowest BCUT2D eigenvalue weighted by molar-refractivity contribution is 0.299. The van der Waals surface area contributed by atoms with Crippen LogP contribution in [-0.4, -0.2) is 24.9 Å². The number of benzene rings is 12. The number of aromatic nitrogens is 5. The molecule has 0 bridgehead atoms. The van der Waals surface area contributed by atoms with Gasteiger partial charge in [0.2, 0.25) is 0 Å². The van der Waals surface area contributed by atoms with Crippen LogP contribution in [0.5, 0.6) is 0 Å². The maximum absolute atomic E-state index is 5.18. The standard InChI is InChI=1S/C49H39N3.C38H32N2/c1-48(2)42-28-16-24-37(32-17-8-5-9-18-32)44(42)41-30-29-35(31-43(41)49(48,3)4)36-23-14-26-39-38(36)25-15-27-40(39)47-51-45(33-19-10-6-11-20-33)50-46(52-47)34-21-12-7-13-22-34;1-37(2)31-23-27(25-13-7-5-8-14-25)19-21-29(31)30-22-20-28(24-32(30)38(37,3)4)36-35(26-15-9-6-10-16-26)39-33-17-11-12-18-34(33)40-36/h5-31H,1-4H3;5-24H,1-4H3. The summed E-state index contributed by atoms with van der Waals surface area (Å²) in [6, 6.07) is 101. The third-order valence-corrected chi connectivity index (χ3v) is 20.8. The van der Waals surface area contributed by atoms with Crippen LogP contribution in [0.4, 0.5) is 0 Å². The first-order valence-electron chi connectivity index (χ1n) is 32.1. The minimum atomic E-state index is -0.122. The van der Waals surface area contributed by atoms with Crippen molar-refractivity contribution in [2.75, 3.05) is 0 Å². The molecule has 5 nitrogen and oxygen atoms in total. The summed E-state index contributed by atoms with van der Waals surface area (Å²) in [6.07, 6.45) is 0. The Morgan fingerprint density at radius 2 is 0.576 bits per heavy atom. The SMILES string of the molecule is CC1(C)c2cc(-c3cccc4c(-c5nc(-c6ccccc6)nc(-c6ccccc6)n5)cccc34)ccc2-c2c(-c3ccccc3)cccc2C1(C)C.CC1(C)c2cc(-c3ccccc3)ccc2-c2ccc(-c3nc4ccccc4nc3-c3ccccc3)cc2C1(C)C. The van der Waals surface area contributed by atoms with Crippen molar-refractivity contribution < 1.29 is 0 Å². The Labute approximate surface area is 540 Å². The molecule has 444 valence electrons. The van der Waals surface area contributed by atoms with Crippen molar-refractivity contribution in [1.29, 1.82) is 0 Å². The molecule has 16 rings (SSSR count). The van der Waals surface area contributed by atoms with E-state index in [9.17, 15) is 0 Å². The fraction of sp³-hybridized carbons (Fsp3) is 0.138. The molecule has 2 aliphatic carbocycles. The molecule has 2 aromatic heterocycles. The van der Waals surface area contributed by atoms with Crippen LogP contribution in [0.3, 0.4) is 0 Å². The van der Waals surface area contributed by atoms with Crippen LogP contribution < -0.4 is 0 Å². The van der Waals surface area contributed by atoms with Crippen molar-refractivity contribution in [3.8, 4) is 112 Å². The smallest absolute Gasteiger partial charge is 0.164 e. The van der Waals surface area contributed by atoms with Crippen LogP contribution in [0.25, 0.3) is 134 Å². The fourth-order valence-corrected chi connectivity index (χ4v) is 14.2. The summed E-state index contributed by atoms with van der Waals surface area (Å²) in [5.41, 5.74) is 26.6. The highest BCUT2D eigenvalue weighted by molar-refractivity contribution is 6.04. The Morgan fingerprint density at radius 1 is 0.207 bits per heavy atom. The van der Waals surface area contributed by atoms with Crippen LogP contribution in [0.15, 0.2) is 285 Å². The molecule has 0 radical (unpaired) electrons. The molecule has 0 spiro atoms. The van der Waals surface area contributed by atoms with Crippen molar-refractivity contribution in [1.82, 2.24) is 24.9 Å². The molecular weight excluding hydrogens is 1110 g/mol. The third kappa shape index (κ3) is 9.74. The van der Waals surface area contributed by atoms with E-state index in [2.05, 4.69) is 274 Å². The highest BCUT2D eigenvalue weighted by Gasteiger charge is 2.48. The van der Waals surface area contributed by atoms with Gasteiger partial charge in [0.15, 0.2) is 17.5 Å². The second-order valence-corrected chi connectivity index (χ2v) is 26.8. The molecule has 0 saturated carbocycles. The number of fused-ring (bicyclic) bond motifs is 8. The van der Waals surface area contributed by atoms with Crippen molar-refractivity contribution in [3.63, 3.8) is 0 Å². The predicted molar refractivity (Wildman–Crippen MR) is 383 cm³/mol. The van der Waals surface area contributed by atoms with Gasteiger partial charge in [0, 0.05) is 27.8 Å². The van der Waals surface area contributed by atoms with Gasteiger partial charge in [-0.3, -0.25) is 0 Å². The van der Waals surface area contributed by atoms with Crippen LogP contribution in [0, 0.1) is 0 Å². The minimum Gasteiger partial charge on any atom is -0.244 e. The molecule has 0 atom stereocenters. The molecule has 2 aliphatic rings. The zero-order valence-electron chi connectivity index (χ0n) is 53.4. The highest BCUT2D eigenvalue weighted by atomic mass is 15.0. The van der Waals surface area contributed by atoms with E-state index < -0.39 is 0 Å². The summed E-state index contributed by atoms with van der Waals surface area (Å²) in [7, 11) is 0. The number of rotatable bonds is 8. The zero-order chi connectivity index (χ0) is 62.9. The summed E-state index contributed by atoms with van der Waals surface area (Å²) >= 11 is 0. The summed E-state index contributed by atoms with van der Waals surface area (Å²) in [5.74, 6) is 1.98. The number of nitrogens with zero attached hydrogens (tertiary/aromatic N) is 5. The first-order chi connectivity index (χ1) is 44.7. The van der Waals surface area contributed by atoms with Gasteiger partial charge in [-0.05, 0) is 141 Å². The Bertz CT molecular complexity index is 5070. The van der Waals surface area contributed by atoms with E-state index in [-0.39, 0.29) is 21.7 Å². The molecule has 92 heavy (non-hydrogen) atoms. The van der Waals surface area contributed by atoms with Crippen LogP contribution in [0.1, 0.15) is 77.6 Å². The molecule has 0 aliphatic heterocycles. The third-order valence-electron chi connectivity index (χ3n) is 20.8. The largest absolute Gasteiger partial charge is 0.244 e. The van der Waals surface area contributed by atoms with E-state index in [1.165, 1.54) is 83.3 Å². The van der Waals surface area contributed by atoms with Gasteiger partial charge < -0.3 is 0 Å². The number of para-hydroxylation sites is 2. The van der Waals surface area contributed by atoms with Crippen molar-refractivity contribution in [3.05, 3.63) is 307 Å². The van der Waals surface area contributed by atoms with Gasteiger partial charge in [0.25, 0.3) is 0 Å². The zero-order valence-corrected chi connectivity index (χ0v) is 53.4. The van der Waals surface area contributed by atoms with Gasteiger partial charge in [-0.15, -0.1) is 0 Å². The van der Waals surface area contributed by atoms with Gasteiger partial charge in [-0.2, -0.15) is 0 Å². The van der Waals surface area contributed by atoms with Gasteiger partial charge in [0.05, 0.1) is 22.4 Å². The fourth-order valence-electron chi connectivity index (χ4n) is 14.2. The van der Waals surface area contributed by atoms with Crippen molar-refractivity contribution >= 4 is 21.8 Å². The van der Waals surface area contributed by atoms with Gasteiger partial charge in [-0.1, -0.05) is 310 Å². The first kappa shape index (κ1) is 57.7. The molecule has 0 saturated heterocycles. The lowest BCUT2D eigenvalue weighted by atomic mass is 9.54. The number of hydrogen-bond acceptors (Lipinski definition) is 5. The molecule has 2 heterocycles. The van der Waals surface area contributed by atoms with Crippen molar-refractivity contribution in [2.45, 2.75) is 77.0 Å². The maximum Gasteiger partial charge on any atom is 0.164 e. The molecule has 0 fully saturated rings. The van der Waals surface area contributed by atoms with Crippen molar-refractivity contribution in [2.24, 2.45) is 0 Å². The Kier molecular flexibility index (Phi) is 14.2. The van der Waals surface area contributed by atoms with Gasteiger partial charge in [0.1, 0.15) is 0 Å². The quantitative estimate of drug-likeness (QED) is 0.152. The highest BCUT2D eigenvalue weighted by Crippen LogP contribution is 2.58. The van der Waals surface area contributed by atoms with E-state index in [0.717, 1.165) is 55.6 Å². The van der Waals surface area contributed by atoms with Gasteiger partial charge >= 0.3 is 0 Å². The molecule has 0 amide bonds. The minimum absolute atomic E-state index is 0.0872. The second-order valence-electron chi connectivity index (χ2n) is 26.8. The number of hydrogen-bond donors (Lipinski definition) is 0. The molecule has 5 heteroatoms. The van der Waals surface area contributed by atoms with E-state index in [1.54, 1.807) is 0 Å². The van der Waals surface area contributed by atoms with Crippen LogP contribution in [-0.2, 0) is 21.7 Å². The normalized spacial score (nSPS) is 14.4. The Morgan fingerprint density at radius 3 is 1.13 bits per heavy atom.